The van der Waals surface area contributed by atoms with Crippen molar-refractivity contribution in [1.82, 2.24) is 20.0 Å². The monoisotopic (exact) mass is 553 g/mol. The molecule has 8 heteroatoms. The number of nitrogens with one attached hydrogen (secondary N) is 1. The Balaban J connectivity index is 0.00000272. The first-order valence-electron chi connectivity index (χ1n) is 10.8. The minimum absolute atomic E-state index is 0. The van der Waals surface area contributed by atoms with Crippen molar-refractivity contribution in [1.29, 1.82) is 0 Å². The molecule has 168 valence electrons. The maximum absolute atomic E-state index is 11.9. The maximum Gasteiger partial charge on any atom is 0.222 e. The van der Waals surface area contributed by atoms with Gasteiger partial charge in [0.05, 0.1) is 0 Å². The lowest BCUT2D eigenvalue weighted by atomic mass is 10.1. The highest BCUT2D eigenvalue weighted by Crippen LogP contribution is 2.16. The van der Waals surface area contributed by atoms with Gasteiger partial charge in [-0.3, -0.25) is 14.7 Å². The average molecular weight is 554 g/mol. The lowest BCUT2D eigenvalue weighted by molar-refractivity contribution is -0.128. The first kappa shape index (κ1) is 24.0. The van der Waals surface area contributed by atoms with Gasteiger partial charge in [-0.25, -0.2) is 0 Å². The molecule has 31 heavy (non-hydrogen) atoms. The Morgan fingerprint density at radius 2 is 1.87 bits per heavy atom. The molecule has 2 saturated heterocycles. The highest BCUT2D eigenvalue weighted by molar-refractivity contribution is 14.0. The molecule has 3 heterocycles. The molecule has 0 bridgehead atoms. The van der Waals surface area contributed by atoms with Gasteiger partial charge in [0.25, 0.3) is 0 Å². The number of halogens is 1. The zero-order valence-electron chi connectivity index (χ0n) is 18.1. The molecule has 1 N–H and O–H groups in total. The van der Waals surface area contributed by atoms with Gasteiger partial charge in [0.2, 0.25) is 5.91 Å². The van der Waals surface area contributed by atoms with Crippen LogP contribution in [0, 0.1) is 0 Å². The minimum atomic E-state index is 0. The van der Waals surface area contributed by atoms with E-state index in [1.165, 1.54) is 16.0 Å². The van der Waals surface area contributed by atoms with Gasteiger partial charge in [0.1, 0.15) is 0 Å². The van der Waals surface area contributed by atoms with Crippen LogP contribution in [-0.4, -0.2) is 66.3 Å². The van der Waals surface area contributed by atoms with Crippen molar-refractivity contribution in [2.75, 3.05) is 39.8 Å². The predicted molar refractivity (Wildman–Crippen MR) is 138 cm³/mol. The van der Waals surface area contributed by atoms with E-state index in [1.807, 2.05) is 23.3 Å². The van der Waals surface area contributed by atoms with Crippen molar-refractivity contribution in [3.05, 3.63) is 57.8 Å². The molecule has 2 aliphatic rings. The molecule has 0 spiro atoms. The minimum Gasteiger partial charge on any atom is -0.352 e. The van der Waals surface area contributed by atoms with E-state index in [9.17, 15) is 4.79 Å². The molecule has 0 unspecified atom stereocenters. The summed E-state index contributed by atoms with van der Waals surface area (Å²) in [7, 11) is 1.86. The number of guanidine groups is 1. The summed E-state index contributed by atoms with van der Waals surface area (Å²) in [4.78, 5) is 24.6. The fraction of sp³-hybridized carbons (Fsp3) is 0.478. The summed E-state index contributed by atoms with van der Waals surface area (Å²) < 4.78 is 0. The number of thiophene rings is 1. The number of carbonyl (C=O) groups is 1. The standard InChI is InChI=1S/C23H31N5OS.HI/c1-24-23(27-12-10-26(11-13-27)18-21-7-4-14-30-21)25-16-19-5-2-6-20(15-19)17-28-9-3-8-22(28)29;/h2,4-7,14-15H,3,8-13,16-18H2,1H3,(H,24,25);1H. The normalized spacial score (nSPS) is 17.7. The lowest BCUT2D eigenvalue weighted by Crippen LogP contribution is -2.51. The molecule has 4 rings (SSSR count). The van der Waals surface area contributed by atoms with Gasteiger partial charge in [-0.15, -0.1) is 35.3 Å². The largest absolute Gasteiger partial charge is 0.352 e. The molecule has 2 aromatic rings. The summed E-state index contributed by atoms with van der Waals surface area (Å²) in [6.07, 6.45) is 1.68. The Morgan fingerprint density at radius 1 is 1.06 bits per heavy atom. The third-order valence-corrected chi connectivity index (χ3v) is 6.69. The molecule has 2 fully saturated rings. The van der Waals surface area contributed by atoms with Crippen LogP contribution in [0.25, 0.3) is 0 Å². The Labute approximate surface area is 206 Å². The van der Waals surface area contributed by atoms with Gasteiger partial charge in [-0.2, -0.15) is 0 Å². The summed E-state index contributed by atoms with van der Waals surface area (Å²) in [5, 5.41) is 5.67. The number of likely N-dealkylation sites (tertiary alicyclic amines) is 1. The first-order chi connectivity index (χ1) is 14.7. The molecule has 1 aromatic heterocycles. The number of hydrogen-bond donors (Lipinski definition) is 1. The topological polar surface area (TPSA) is 51.2 Å². The molecule has 6 nitrogen and oxygen atoms in total. The van der Waals surface area contributed by atoms with Crippen LogP contribution in [0.1, 0.15) is 28.8 Å². The van der Waals surface area contributed by atoms with Crippen LogP contribution in [0.2, 0.25) is 0 Å². The fourth-order valence-corrected chi connectivity index (χ4v) is 4.93. The molecule has 0 radical (unpaired) electrons. The zero-order valence-corrected chi connectivity index (χ0v) is 21.3. The summed E-state index contributed by atoms with van der Waals surface area (Å²) >= 11 is 1.83. The summed E-state index contributed by atoms with van der Waals surface area (Å²) in [5.41, 5.74) is 2.42. The SMILES string of the molecule is CN=C(NCc1cccc(CN2CCCC2=O)c1)N1CCN(Cc2cccs2)CC1.I. The number of nitrogens with zero attached hydrogens (tertiary/aromatic N) is 4. The van der Waals surface area contributed by atoms with E-state index in [0.717, 1.165) is 58.2 Å². The van der Waals surface area contributed by atoms with Crippen LogP contribution in [0.3, 0.4) is 0 Å². The summed E-state index contributed by atoms with van der Waals surface area (Å²) in [5.74, 6) is 1.24. The van der Waals surface area contributed by atoms with Gasteiger partial charge in [-0.1, -0.05) is 30.3 Å². The van der Waals surface area contributed by atoms with Gasteiger partial charge < -0.3 is 15.1 Å². The van der Waals surface area contributed by atoms with Gasteiger partial charge in [0.15, 0.2) is 5.96 Å². The van der Waals surface area contributed by atoms with Crippen molar-refractivity contribution in [3.8, 4) is 0 Å². The third kappa shape index (κ3) is 6.66. The molecule has 0 aliphatic carbocycles. The Bertz CT molecular complexity index is 865. The number of carbonyl (C=O) groups excluding carboxylic acids is 1. The first-order valence-corrected chi connectivity index (χ1v) is 11.6. The molecule has 2 aliphatic heterocycles. The predicted octanol–water partition coefficient (Wildman–Crippen LogP) is 3.38. The Morgan fingerprint density at radius 3 is 2.55 bits per heavy atom. The van der Waals surface area contributed by atoms with Crippen LogP contribution in [-0.2, 0) is 24.4 Å². The van der Waals surface area contributed by atoms with Crippen LogP contribution < -0.4 is 5.32 Å². The third-order valence-electron chi connectivity index (χ3n) is 5.83. The van der Waals surface area contributed by atoms with E-state index in [1.54, 1.807) is 0 Å². The van der Waals surface area contributed by atoms with Crippen LogP contribution in [0.15, 0.2) is 46.8 Å². The van der Waals surface area contributed by atoms with Crippen molar-refractivity contribution in [3.63, 3.8) is 0 Å². The second-order valence-corrected chi connectivity index (χ2v) is 9.01. The Kier molecular flexibility index (Phi) is 9.15. The highest BCUT2D eigenvalue weighted by Gasteiger charge is 2.21. The molecule has 1 amide bonds. The van der Waals surface area contributed by atoms with Crippen LogP contribution in [0.5, 0.6) is 0 Å². The maximum atomic E-state index is 11.9. The number of rotatable bonds is 6. The number of hydrogen-bond acceptors (Lipinski definition) is 4. The van der Waals surface area contributed by atoms with Crippen molar-refractivity contribution in [2.45, 2.75) is 32.5 Å². The van der Waals surface area contributed by atoms with E-state index in [2.05, 4.69) is 61.9 Å². The second-order valence-electron chi connectivity index (χ2n) is 7.98. The van der Waals surface area contributed by atoms with E-state index in [4.69, 9.17) is 0 Å². The smallest absolute Gasteiger partial charge is 0.222 e. The van der Waals surface area contributed by atoms with Crippen molar-refractivity contribution >= 4 is 47.2 Å². The fourth-order valence-electron chi connectivity index (χ4n) is 4.18. The van der Waals surface area contributed by atoms with Crippen LogP contribution in [0.4, 0.5) is 0 Å². The van der Waals surface area contributed by atoms with E-state index >= 15 is 0 Å². The lowest BCUT2D eigenvalue weighted by Gasteiger charge is -2.36. The summed E-state index contributed by atoms with van der Waals surface area (Å²) in [6.45, 7) is 7.47. The van der Waals surface area contributed by atoms with Crippen LogP contribution >= 0.6 is 35.3 Å². The van der Waals surface area contributed by atoms with Crippen molar-refractivity contribution in [2.24, 2.45) is 4.99 Å². The van der Waals surface area contributed by atoms with Gasteiger partial charge in [0, 0.05) is 70.7 Å². The zero-order chi connectivity index (χ0) is 20.8. The molecular weight excluding hydrogens is 521 g/mol. The second kappa shape index (κ2) is 11.8. The van der Waals surface area contributed by atoms with E-state index < -0.39 is 0 Å². The van der Waals surface area contributed by atoms with Gasteiger partial charge >= 0.3 is 0 Å². The van der Waals surface area contributed by atoms with E-state index in [-0.39, 0.29) is 29.9 Å². The quantitative estimate of drug-likeness (QED) is 0.339. The molecular formula is C23H32IN5OS. The highest BCUT2D eigenvalue weighted by atomic mass is 127. The number of amides is 1. The average Bonchev–Trinajstić information content (AvgIpc) is 3.42. The number of benzene rings is 1. The molecule has 0 saturated carbocycles. The van der Waals surface area contributed by atoms with E-state index in [0.29, 0.717) is 13.0 Å². The number of aliphatic imine (C=N–C) groups is 1. The molecule has 1 aromatic carbocycles. The molecule has 0 atom stereocenters. The van der Waals surface area contributed by atoms with Crippen molar-refractivity contribution < 1.29 is 4.79 Å². The summed E-state index contributed by atoms with van der Waals surface area (Å²) in [6, 6.07) is 12.9. The number of piperazine rings is 1. The Hall–Kier alpha value is -1.65. The van der Waals surface area contributed by atoms with Gasteiger partial charge in [-0.05, 0) is 29.0 Å².